The first-order valence-electron chi connectivity index (χ1n) is 23.2. The Morgan fingerprint density at radius 2 is 1.36 bits per heavy atom. The summed E-state index contributed by atoms with van der Waals surface area (Å²) in [6.07, 6.45) is 11.5. The molecule has 10 rings (SSSR count). The van der Waals surface area contributed by atoms with Crippen molar-refractivity contribution in [2.24, 2.45) is 11.8 Å². The molecule has 1 aliphatic rings. The van der Waals surface area contributed by atoms with Crippen LogP contribution < -0.4 is 4.40 Å². The Morgan fingerprint density at radius 1 is 0.682 bits per heavy atom. The van der Waals surface area contributed by atoms with Gasteiger partial charge in [0.25, 0.3) is 0 Å². The van der Waals surface area contributed by atoms with E-state index in [1.807, 2.05) is 18.5 Å². The van der Waals surface area contributed by atoms with E-state index in [9.17, 15) is 4.39 Å². The zero-order chi connectivity index (χ0) is 45.1. The van der Waals surface area contributed by atoms with Crippen LogP contribution in [0.25, 0.3) is 77.8 Å². The third-order valence-corrected chi connectivity index (χ3v) is 17.2. The molecule has 0 amide bonds. The summed E-state index contributed by atoms with van der Waals surface area (Å²) in [4.78, 5) is 9.32. The Kier molecular flexibility index (Phi) is 14.7. The first kappa shape index (κ1) is 47.0. The average molecular weight is 1110 g/mol. The molecule has 1 saturated carbocycles. The van der Waals surface area contributed by atoms with Gasteiger partial charge in [-0.05, 0) is 69.6 Å². The van der Waals surface area contributed by atoms with Crippen molar-refractivity contribution in [1.82, 2.24) is 9.97 Å². The molecule has 1 radical (unpaired) electrons. The van der Waals surface area contributed by atoms with E-state index < -0.39 is 13.3 Å². The third kappa shape index (κ3) is 10.4. The van der Waals surface area contributed by atoms with Gasteiger partial charge in [0.05, 0.1) is 5.58 Å². The molecule has 66 heavy (non-hydrogen) atoms. The number of hydrogen-bond donors (Lipinski definition) is 0. The molecular weight excluding hydrogens is 1050 g/mol. The van der Waals surface area contributed by atoms with Crippen LogP contribution in [0.15, 0.2) is 156 Å². The van der Waals surface area contributed by atoms with E-state index in [2.05, 4.69) is 170 Å². The second kappa shape index (κ2) is 20.6. The third-order valence-electron chi connectivity index (χ3n) is 12.8. The number of rotatable bonds is 10. The molecule has 1 aliphatic carbocycles. The molecule has 6 heteroatoms. The molecule has 1 fully saturated rings. The zero-order valence-electron chi connectivity index (χ0n) is 38.8. The fourth-order valence-electron chi connectivity index (χ4n) is 9.54. The number of benzene rings is 6. The maximum atomic E-state index is 14.4. The molecule has 335 valence electrons. The Labute approximate surface area is 406 Å². The molecule has 3 nitrogen and oxygen atoms in total. The van der Waals surface area contributed by atoms with Gasteiger partial charge in [0, 0.05) is 31.7 Å². The van der Waals surface area contributed by atoms with Gasteiger partial charge in [0.2, 0.25) is 0 Å². The van der Waals surface area contributed by atoms with Crippen molar-refractivity contribution in [1.29, 1.82) is 0 Å². The minimum absolute atomic E-state index is 0. The fourth-order valence-corrected chi connectivity index (χ4v) is 12.9. The van der Waals surface area contributed by atoms with E-state index in [-0.39, 0.29) is 25.9 Å². The molecular formula is C60H57FGeIrN2O-2. The molecule has 0 N–H and O–H groups in total. The SMILES string of the molecule is Cc1cc[c-]c(-c2cc(CC(C)C)[c]([Ge]([CH3])([CH3])[CH3])cn2)c1F.[Ir].[c-]1ccc2c(oc3cc(-c4ccc(-c5ccccc5)cc4-c4ccccc4)ccc32)c1-c1cc(CC2CCCC2)ccn1. The monoisotopic (exact) mass is 1110 g/mol. The molecule has 3 heterocycles. The van der Waals surface area contributed by atoms with Crippen LogP contribution in [0, 0.1) is 36.7 Å². The van der Waals surface area contributed by atoms with Crippen LogP contribution in [0.3, 0.4) is 0 Å². The van der Waals surface area contributed by atoms with Crippen molar-refractivity contribution in [2.75, 3.05) is 0 Å². The molecule has 0 unspecified atom stereocenters. The predicted molar refractivity (Wildman–Crippen MR) is 272 cm³/mol. The number of aromatic nitrogens is 2. The largest absolute Gasteiger partial charge is 0.501 e. The van der Waals surface area contributed by atoms with Crippen LogP contribution in [0.4, 0.5) is 4.39 Å². The number of fused-ring (bicyclic) bond motifs is 3. The quantitative estimate of drug-likeness (QED) is 0.101. The summed E-state index contributed by atoms with van der Waals surface area (Å²) < 4.78 is 22.4. The van der Waals surface area contributed by atoms with Crippen molar-refractivity contribution in [3.63, 3.8) is 0 Å². The van der Waals surface area contributed by atoms with Gasteiger partial charge in [-0.15, -0.1) is 18.2 Å². The van der Waals surface area contributed by atoms with E-state index in [1.54, 1.807) is 19.1 Å². The minimum atomic E-state index is -1.98. The number of pyridine rings is 2. The topological polar surface area (TPSA) is 38.9 Å². The second-order valence-corrected chi connectivity index (χ2v) is 29.8. The summed E-state index contributed by atoms with van der Waals surface area (Å²) >= 11 is -1.98. The molecule has 0 spiro atoms. The van der Waals surface area contributed by atoms with Crippen LogP contribution in [0.2, 0.25) is 17.3 Å². The second-order valence-electron chi connectivity index (χ2n) is 19.2. The number of hydrogen-bond acceptors (Lipinski definition) is 3. The number of nitrogens with zero attached hydrogens (tertiary/aromatic N) is 2. The van der Waals surface area contributed by atoms with Gasteiger partial charge in [0.1, 0.15) is 5.58 Å². The normalized spacial score (nSPS) is 12.9. The zero-order valence-corrected chi connectivity index (χ0v) is 43.3. The molecule has 0 saturated heterocycles. The maximum Gasteiger partial charge on any atom is 0.121 e. The van der Waals surface area contributed by atoms with Crippen LogP contribution >= 0.6 is 0 Å². The Morgan fingerprint density at radius 3 is 2.09 bits per heavy atom. The number of aryl methyl sites for hydroxylation is 1. The Hall–Kier alpha value is -5.46. The van der Waals surface area contributed by atoms with Crippen LogP contribution in [-0.4, -0.2) is 23.2 Å². The molecule has 9 aromatic rings. The van der Waals surface area contributed by atoms with Gasteiger partial charge in [-0.2, -0.15) is 0 Å². The summed E-state index contributed by atoms with van der Waals surface area (Å²) in [5.41, 5.74) is 15.2. The Bertz CT molecular complexity index is 3090. The van der Waals surface area contributed by atoms with Gasteiger partial charge in [-0.3, -0.25) is 0 Å². The van der Waals surface area contributed by atoms with Gasteiger partial charge in [0.15, 0.2) is 0 Å². The van der Waals surface area contributed by atoms with Crippen LogP contribution in [-0.2, 0) is 32.9 Å². The van der Waals surface area contributed by atoms with E-state index in [0.29, 0.717) is 22.7 Å². The number of furan rings is 1. The summed E-state index contributed by atoms with van der Waals surface area (Å²) in [6, 6.07) is 55.2. The summed E-state index contributed by atoms with van der Waals surface area (Å²) in [7, 11) is 0. The van der Waals surface area contributed by atoms with Crippen molar-refractivity contribution >= 4 is 39.6 Å². The molecule has 0 bridgehead atoms. The van der Waals surface area contributed by atoms with E-state index in [1.165, 1.54) is 69.0 Å². The van der Waals surface area contributed by atoms with E-state index >= 15 is 0 Å². The summed E-state index contributed by atoms with van der Waals surface area (Å²) in [6.45, 7) is 6.22. The van der Waals surface area contributed by atoms with Crippen molar-refractivity contribution in [3.8, 4) is 55.9 Å². The first-order chi connectivity index (χ1) is 31.5. The number of halogens is 1. The van der Waals surface area contributed by atoms with Gasteiger partial charge in [-0.25, -0.2) is 0 Å². The summed E-state index contributed by atoms with van der Waals surface area (Å²) in [5, 5.41) is 2.21. The van der Waals surface area contributed by atoms with Crippen molar-refractivity contribution in [2.45, 2.75) is 76.6 Å². The standard InChI is InChI=1S/C41H32NO.C19H25FGeN.Ir/c1-3-12-30(13-4-1)32-18-20-34(38(26-32)31-14-5-2-6-15-31)33-19-21-35-36-16-9-17-37(41(36)43-40(35)27-33)39-25-29(22-23-42-39)24-28-10-7-8-11-28;1-13(2)10-15-11-18(22-12-17(15)21(4,5)6)16-9-7-8-14(3)19(16)20;/h1-6,9,12-16,18-23,25-28H,7-8,10-11,24H2;7-8,11-13H,10H2,1-6H3;/q2*-1;. The maximum absolute atomic E-state index is 14.4. The van der Waals surface area contributed by atoms with Crippen LogP contribution in [0.1, 0.15) is 56.2 Å². The summed E-state index contributed by atoms with van der Waals surface area (Å²) in [5.74, 6) is 8.28. The molecule has 0 aliphatic heterocycles. The predicted octanol–water partition coefficient (Wildman–Crippen LogP) is 15.9. The smallest absolute Gasteiger partial charge is 0.121 e. The molecule has 0 atom stereocenters. The average Bonchev–Trinajstić information content (AvgIpc) is 3.97. The molecule has 6 aromatic carbocycles. The molecule has 3 aromatic heterocycles. The van der Waals surface area contributed by atoms with E-state index in [0.717, 1.165) is 57.5 Å². The van der Waals surface area contributed by atoms with Gasteiger partial charge < -0.3 is 9.40 Å². The van der Waals surface area contributed by atoms with Crippen molar-refractivity contribution < 1.29 is 28.9 Å². The van der Waals surface area contributed by atoms with Crippen molar-refractivity contribution in [3.05, 3.63) is 187 Å². The van der Waals surface area contributed by atoms with E-state index in [4.69, 9.17) is 9.40 Å². The van der Waals surface area contributed by atoms with Gasteiger partial charge >= 0.3 is 136 Å². The fraction of sp³-hybridized carbons (Fsp3) is 0.233. The first-order valence-corrected chi connectivity index (χ1v) is 30.6. The minimum Gasteiger partial charge on any atom is -0.501 e. The van der Waals surface area contributed by atoms with Gasteiger partial charge in [-0.1, -0.05) is 133 Å². The Balaban J connectivity index is 0.000000219. The van der Waals surface area contributed by atoms with Crippen LogP contribution in [0.5, 0.6) is 0 Å².